The normalized spacial score (nSPS) is 12.5. The van der Waals surface area contributed by atoms with E-state index >= 15 is 0 Å². The number of aryl methyl sites for hydroxylation is 1. The van der Waals surface area contributed by atoms with Crippen molar-refractivity contribution in [3.63, 3.8) is 0 Å². The Bertz CT molecular complexity index is 1410. The van der Waals surface area contributed by atoms with Crippen molar-refractivity contribution in [3.8, 4) is 0 Å². The molecule has 0 aliphatic rings. The Morgan fingerprint density at radius 3 is 2.57 bits per heavy atom. The average Bonchev–Trinajstić information content (AvgIpc) is 3.06. The van der Waals surface area contributed by atoms with E-state index in [0.29, 0.717) is 5.16 Å². The van der Waals surface area contributed by atoms with Gasteiger partial charge in [-0.25, -0.2) is 4.98 Å². The minimum atomic E-state index is -0.377. The Morgan fingerprint density at radius 2 is 1.70 bits per heavy atom. The molecular weight excluding hydrogens is 394 g/mol. The number of rotatable bonds is 4. The molecule has 1 N–H and O–H groups in total. The second-order valence-electron chi connectivity index (χ2n) is 7.12. The van der Waals surface area contributed by atoms with Crippen LogP contribution in [0.3, 0.4) is 0 Å². The standard InChI is InChI=1S/C23H19N5OS/c1-14(22(29)24-18-12-7-9-15-8-3-4-10-16(15)18)30-23-25-21-20(26-27-23)17-11-5-6-13-19(17)28(21)2/h3-14H,1-2H3,(H,24,29)/t14-/m1/s1. The third-order valence-corrected chi connectivity index (χ3v) is 6.14. The number of thioether (sulfide) groups is 1. The summed E-state index contributed by atoms with van der Waals surface area (Å²) in [6.07, 6.45) is 0. The number of nitrogens with one attached hydrogen (secondary N) is 1. The second kappa shape index (κ2) is 7.42. The van der Waals surface area contributed by atoms with Crippen LogP contribution in [-0.4, -0.2) is 30.9 Å². The maximum atomic E-state index is 12.8. The summed E-state index contributed by atoms with van der Waals surface area (Å²) in [5.41, 5.74) is 3.38. The Kier molecular flexibility index (Phi) is 4.59. The highest BCUT2D eigenvalue weighted by molar-refractivity contribution is 8.00. The van der Waals surface area contributed by atoms with Crippen molar-refractivity contribution in [2.24, 2.45) is 7.05 Å². The third-order valence-electron chi connectivity index (χ3n) is 5.19. The second-order valence-corrected chi connectivity index (χ2v) is 8.43. The lowest BCUT2D eigenvalue weighted by atomic mass is 10.1. The van der Waals surface area contributed by atoms with Gasteiger partial charge in [0.2, 0.25) is 11.1 Å². The SMILES string of the molecule is C[C@@H](Sc1nnc2c3ccccc3n(C)c2n1)C(=O)Nc1cccc2ccccc12. The number of hydrogen-bond acceptors (Lipinski definition) is 5. The Morgan fingerprint density at radius 1 is 0.967 bits per heavy atom. The fourth-order valence-corrected chi connectivity index (χ4v) is 4.33. The molecule has 0 bridgehead atoms. The van der Waals surface area contributed by atoms with Crippen LogP contribution < -0.4 is 5.32 Å². The number of anilines is 1. The summed E-state index contributed by atoms with van der Waals surface area (Å²) in [6.45, 7) is 1.85. The van der Waals surface area contributed by atoms with E-state index in [1.165, 1.54) is 11.8 Å². The molecule has 2 heterocycles. The van der Waals surface area contributed by atoms with Crippen LogP contribution in [0.1, 0.15) is 6.92 Å². The number of fused-ring (bicyclic) bond motifs is 4. The summed E-state index contributed by atoms with van der Waals surface area (Å²) in [5, 5.41) is 14.9. The first-order valence-electron chi connectivity index (χ1n) is 9.65. The minimum Gasteiger partial charge on any atom is -0.327 e. The summed E-state index contributed by atoms with van der Waals surface area (Å²) in [4.78, 5) is 17.5. The molecule has 0 saturated carbocycles. The maximum absolute atomic E-state index is 12.8. The number of carbonyl (C=O) groups excluding carboxylic acids is 1. The predicted molar refractivity (Wildman–Crippen MR) is 122 cm³/mol. The Balaban J connectivity index is 1.40. The molecule has 0 saturated heterocycles. The van der Waals surface area contributed by atoms with Gasteiger partial charge in [0.15, 0.2) is 5.65 Å². The van der Waals surface area contributed by atoms with Crippen LogP contribution in [0.25, 0.3) is 32.8 Å². The van der Waals surface area contributed by atoms with E-state index in [2.05, 4.69) is 20.5 Å². The molecule has 1 atom stereocenters. The predicted octanol–water partition coefficient (Wildman–Crippen LogP) is 4.79. The van der Waals surface area contributed by atoms with Gasteiger partial charge >= 0.3 is 0 Å². The molecule has 0 aliphatic heterocycles. The number of amides is 1. The molecule has 3 aromatic carbocycles. The number of para-hydroxylation sites is 1. The molecule has 30 heavy (non-hydrogen) atoms. The van der Waals surface area contributed by atoms with Gasteiger partial charge in [0, 0.05) is 23.5 Å². The first-order chi connectivity index (χ1) is 14.6. The Labute approximate surface area is 177 Å². The van der Waals surface area contributed by atoms with Gasteiger partial charge in [-0.3, -0.25) is 4.79 Å². The third kappa shape index (κ3) is 3.17. The zero-order valence-electron chi connectivity index (χ0n) is 16.5. The Hall–Kier alpha value is -3.45. The molecule has 6 nitrogen and oxygen atoms in total. The summed E-state index contributed by atoms with van der Waals surface area (Å²) in [6, 6.07) is 21.9. The first-order valence-corrected chi connectivity index (χ1v) is 10.5. The van der Waals surface area contributed by atoms with Gasteiger partial charge < -0.3 is 9.88 Å². The summed E-state index contributed by atoms with van der Waals surface area (Å²) in [7, 11) is 1.96. The topological polar surface area (TPSA) is 72.7 Å². The minimum absolute atomic E-state index is 0.0999. The van der Waals surface area contributed by atoms with E-state index in [0.717, 1.165) is 38.5 Å². The zero-order chi connectivity index (χ0) is 20.7. The highest BCUT2D eigenvalue weighted by atomic mass is 32.2. The van der Waals surface area contributed by atoms with Gasteiger partial charge in [0.05, 0.1) is 10.8 Å². The van der Waals surface area contributed by atoms with Crippen LogP contribution >= 0.6 is 11.8 Å². The zero-order valence-corrected chi connectivity index (χ0v) is 17.4. The van der Waals surface area contributed by atoms with Crippen molar-refractivity contribution in [2.75, 3.05) is 5.32 Å². The van der Waals surface area contributed by atoms with Crippen molar-refractivity contribution in [2.45, 2.75) is 17.3 Å². The van der Waals surface area contributed by atoms with Crippen molar-refractivity contribution >= 4 is 56.2 Å². The van der Waals surface area contributed by atoms with Crippen molar-refractivity contribution in [1.82, 2.24) is 19.7 Å². The van der Waals surface area contributed by atoms with Gasteiger partial charge in [0.1, 0.15) is 5.52 Å². The van der Waals surface area contributed by atoms with Gasteiger partial charge in [-0.2, -0.15) is 0 Å². The van der Waals surface area contributed by atoms with E-state index in [1.807, 2.05) is 85.3 Å². The van der Waals surface area contributed by atoms with Crippen molar-refractivity contribution in [1.29, 1.82) is 0 Å². The highest BCUT2D eigenvalue weighted by Gasteiger charge is 2.19. The molecule has 0 fully saturated rings. The molecule has 0 unspecified atom stereocenters. The van der Waals surface area contributed by atoms with Crippen molar-refractivity contribution < 1.29 is 4.79 Å². The van der Waals surface area contributed by atoms with E-state index in [-0.39, 0.29) is 11.2 Å². The lowest BCUT2D eigenvalue weighted by Gasteiger charge is -2.12. The van der Waals surface area contributed by atoms with Crippen LogP contribution in [0.5, 0.6) is 0 Å². The van der Waals surface area contributed by atoms with Gasteiger partial charge in [-0.1, -0.05) is 66.4 Å². The number of nitrogens with zero attached hydrogens (tertiary/aromatic N) is 4. The molecule has 0 spiro atoms. The summed E-state index contributed by atoms with van der Waals surface area (Å²) in [5.74, 6) is -0.0999. The van der Waals surface area contributed by atoms with E-state index in [9.17, 15) is 4.79 Å². The van der Waals surface area contributed by atoms with Crippen LogP contribution in [0.15, 0.2) is 71.9 Å². The number of aromatic nitrogens is 4. The fraction of sp³-hybridized carbons (Fsp3) is 0.130. The van der Waals surface area contributed by atoms with Crippen molar-refractivity contribution in [3.05, 3.63) is 66.7 Å². The molecule has 1 amide bonds. The molecule has 148 valence electrons. The van der Waals surface area contributed by atoms with Crippen LogP contribution in [0.4, 0.5) is 5.69 Å². The molecule has 2 aromatic heterocycles. The fourth-order valence-electron chi connectivity index (χ4n) is 3.62. The highest BCUT2D eigenvalue weighted by Crippen LogP contribution is 2.28. The van der Waals surface area contributed by atoms with E-state index in [4.69, 9.17) is 0 Å². The molecule has 5 rings (SSSR count). The first kappa shape index (κ1) is 18.6. The number of benzene rings is 3. The molecule has 5 aromatic rings. The van der Waals surface area contributed by atoms with Gasteiger partial charge in [-0.15, -0.1) is 10.2 Å². The largest absolute Gasteiger partial charge is 0.327 e. The molecular formula is C23H19N5OS. The van der Waals surface area contributed by atoms with Gasteiger partial charge in [0.25, 0.3) is 0 Å². The van der Waals surface area contributed by atoms with Crippen LogP contribution in [0, 0.1) is 0 Å². The van der Waals surface area contributed by atoms with Gasteiger partial charge in [-0.05, 0) is 24.4 Å². The van der Waals surface area contributed by atoms with Crippen LogP contribution in [0.2, 0.25) is 0 Å². The number of hydrogen-bond donors (Lipinski definition) is 1. The monoisotopic (exact) mass is 413 g/mol. The number of carbonyl (C=O) groups is 1. The van der Waals surface area contributed by atoms with E-state index < -0.39 is 0 Å². The lowest BCUT2D eigenvalue weighted by molar-refractivity contribution is -0.115. The smallest absolute Gasteiger partial charge is 0.237 e. The molecule has 0 aliphatic carbocycles. The quantitative estimate of drug-likeness (QED) is 0.429. The molecule has 0 radical (unpaired) electrons. The van der Waals surface area contributed by atoms with Crippen LogP contribution in [-0.2, 0) is 11.8 Å². The summed E-state index contributed by atoms with van der Waals surface area (Å²) < 4.78 is 2.00. The molecule has 7 heteroatoms. The maximum Gasteiger partial charge on any atom is 0.237 e. The lowest BCUT2D eigenvalue weighted by Crippen LogP contribution is -2.22. The van der Waals surface area contributed by atoms with E-state index in [1.54, 1.807) is 0 Å². The average molecular weight is 414 g/mol. The summed E-state index contributed by atoms with van der Waals surface area (Å²) >= 11 is 1.30.